The number of carbonyl (C=O) groups is 2. The molecule has 0 N–H and O–H groups in total. The Kier molecular flexibility index (Phi) is 8.09. The Morgan fingerprint density at radius 1 is 1.13 bits per heavy atom. The van der Waals surface area contributed by atoms with Gasteiger partial charge in [0.05, 0.1) is 20.3 Å². The fraction of sp³-hybridized carbons (Fsp3) is 0.529. The number of ether oxygens (including phenoxy) is 3. The Labute approximate surface area is 145 Å². The molecule has 0 amide bonds. The molecule has 0 aromatic heterocycles. The van der Waals surface area contributed by atoms with E-state index >= 15 is 0 Å². The number of methoxy groups -OCH3 is 1. The maximum absolute atomic E-state index is 12.1. The number of hydrogen-bond donors (Lipinski definition) is 0. The molecule has 0 spiro atoms. The van der Waals surface area contributed by atoms with Crippen LogP contribution in [0.3, 0.4) is 0 Å². The van der Waals surface area contributed by atoms with E-state index in [2.05, 4.69) is 15.9 Å². The molecule has 5 nitrogen and oxygen atoms in total. The van der Waals surface area contributed by atoms with Gasteiger partial charge in [-0.05, 0) is 49.9 Å². The van der Waals surface area contributed by atoms with Gasteiger partial charge in [-0.1, -0.05) is 22.9 Å². The Balaban J connectivity index is 2.97. The topological polar surface area (TPSA) is 61.8 Å². The van der Waals surface area contributed by atoms with Crippen LogP contribution in [0, 0.1) is 5.92 Å². The third-order valence-corrected chi connectivity index (χ3v) is 4.19. The minimum Gasteiger partial charge on any atom is -0.497 e. The SMILES string of the molecule is CCOC(=O)C(C[C@@H](C)c1cc(OC)ccc1Br)C(=O)OCC. The first-order chi connectivity index (χ1) is 10.9. The van der Waals surface area contributed by atoms with Crippen LogP contribution >= 0.6 is 15.9 Å². The predicted molar refractivity (Wildman–Crippen MR) is 90.5 cm³/mol. The van der Waals surface area contributed by atoms with Crippen LogP contribution in [0.25, 0.3) is 0 Å². The summed E-state index contributed by atoms with van der Waals surface area (Å²) in [5.41, 5.74) is 0.961. The maximum atomic E-state index is 12.1. The van der Waals surface area contributed by atoms with Gasteiger partial charge in [-0.15, -0.1) is 0 Å². The normalized spacial score (nSPS) is 11.9. The summed E-state index contributed by atoms with van der Waals surface area (Å²) in [4.78, 5) is 24.1. The molecule has 0 fully saturated rings. The Hall–Kier alpha value is -1.56. The summed E-state index contributed by atoms with van der Waals surface area (Å²) in [5.74, 6) is -1.35. The van der Waals surface area contributed by atoms with Crippen molar-refractivity contribution < 1.29 is 23.8 Å². The zero-order chi connectivity index (χ0) is 17.4. The molecule has 0 radical (unpaired) electrons. The van der Waals surface area contributed by atoms with Gasteiger partial charge in [0.25, 0.3) is 0 Å². The molecule has 0 bridgehead atoms. The lowest BCUT2D eigenvalue weighted by atomic mass is 9.90. The number of halogens is 1. The van der Waals surface area contributed by atoms with E-state index in [9.17, 15) is 9.59 Å². The fourth-order valence-corrected chi connectivity index (χ4v) is 2.92. The van der Waals surface area contributed by atoms with E-state index in [0.29, 0.717) is 6.42 Å². The molecular formula is C17H23BrO5. The molecule has 0 aliphatic heterocycles. The highest BCUT2D eigenvalue weighted by atomic mass is 79.9. The molecule has 0 saturated carbocycles. The summed E-state index contributed by atoms with van der Waals surface area (Å²) < 4.78 is 16.1. The number of carbonyl (C=O) groups excluding carboxylic acids is 2. The largest absolute Gasteiger partial charge is 0.497 e. The van der Waals surface area contributed by atoms with Crippen molar-refractivity contribution in [2.75, 3.05) is 20.3 Å². The lowest BCUT2D eigenvalue weighted by Crippen LogP contribution is -2.29. The van der Waals surface area contributed by atoms with Crippen LogP contribution in [-0.4, -0.2) is 32.3 Å². The van der Waals surface area contributed by atoms with Gasteiger partial charge < -0.3 is 14.2 Å². The van der Waals surface area contributed by atoms with E-state index in [4.69, 9.17) is 14.2 Å². The van der Waals surface area contributed by atoms with Gasteiger partial charge in [0.2, 0.25) is 0 Å². The van der Waals surface area contributed by atoms with E-state index in [0.717, 1.165) is 15.8 Å². The average molecular weight is 387 g/mol. The third-order valence-electron chi connectivity index (χ3n) is 3.47. The van der Waals surface area contributed by atoms with Crippen molar-refractivity contribution in [1.82, 2.24) is 0 Å². The highest BCUT2D eigenvalue weighted by Gasteiger charge is 2.32. The smallest absolute Gasteiger partial charge is 0.320 e. The van der Waals surface area contributed by atoms with Crippen molar-refractivity contribution in [3.05, 3.63) is 28.2 Å². The predicted octanol–water partition coefficient (Wildman–Crippen LogP) is 3.69. The van der Waals surface area contributed by atoms with Crippen molar-refractivity contribution >= 4 is 27.9 Å². The van der Waals surface area contributed by atoms with Crippen LogP contribution in [0.15, 0.2) is 22.7 Å². The molecule has 0 heterocycles. The second-order valence-electron chi connectivity index (χ2n) is 5.08. The zero-order valence-electron chi connectivity index (χ0n) is 13.9. The summed E-state index contributed by atoms with van der Waals surface area (Å²) in [5, 5.41) is 0. The van der Waals surface area contributed by atoms with Crippen molar-refractivity contribution in [3.63, 3.8) is 0 Å². The van der Waals surface area contributed by atoms with Crippen molar-refractivity contribution in [1.29, 1.82) is 0 Å². The summed E-state index contributed by atoms with van der Waals surface area (Å²) in [6.45, 7) is 5.83. The van der Waals surface area contributed by atoms with Gasteiger partial charge in [0.1, 0.15) is 5.75 Å². The van der Waals surface area contributed by atoms with Crippen LogP contribution in [-0.2, 0) is 19.1 Å². The van der Waals surface area contributed by atoms with Gasteiger partial charge in [-0.25, -0.2) is 0 Å². The molecule has 0 aliphatic rings. The quantitative estimate of drug-likeness (QED) is 0.503. The highest BCUT2D eigenvalue weighted by Crippen LogP contribution is 2.33. The van der Waals surface area contributed by atoms with E-state index in [1.54, 1.807) is 21.0 Å². The van der Waals surface area contributed by atoms with Crippen molar-refractivity contribution in [3.8, 4) is 5.75 Å². The number of esters is 2. The fourth-order valence-electron chi connectivity index (χ4n) is 2.28. The molecule has 0 saturated heterocycles. The minimum atomic E-state index is -0.928. The summed E-state index contributed by atoms with van der Waals surface area (Å²) in [6.07, 6.45) is 0.309. The molecule has 1 rings (SSSR count). The van der Waals surface area contributed by atoms with E-state index in [1.165, 1.54) is 0 Å². The minimum absolute atomic E-state index is 0.0571. The van der Waals surface area contributed by atoms with E-state index in [1.807, 2.05) is 25.1 Å². The second kappa shape index (κ2) is 9.55. The first-order valence-corrected chi connectivity index (χ1v) is 8.40. The standard InChI is InChI=1S/C17H23BrO5/c1-5-22-16(19)14(17(20)23-6-2)9-11(3)13-10-12(21-4)7-8-15(13)18/h7-8,10-11,14H,5-6,9H2,1-4H3/t11-/m1/s1. The summed E-state index contributed by atoms with van der Waals surface area (Å²) in [7, 11) is 1.59. The number of benzene rings is 1. The van der Waals surface area contributed by atoms with Gasteiger partial charge in [-0.3, -0.25) is 9.59 Å². The number of rotatable bonds is 8. The number of hydrogen-bond acceptors (Lipinski definition) is 5. The Morgan fingerprint density at radius 2 is 1.70 bits per heavy atom. The zero-order valence-corrected chi connectivity index (χ0v) is 15.5. The molecule has 0 unspecified atom stereocenters. The Morgan fingerprint density at radius 3 is 2.17 bits per heavy atom. The van der Waals surface area contributed by atoms with Crippen molar-refractivity contribution in [2.45, 2.75) is 33.1 Å². The third kappa shape index (κ3) is 5.53. The molecular weight excluding hydrogens is 364 g/mol. The van der Waals surface area contributed by atoms with Gasteiger partial charge in [0.15, 0.2) is 5.92 Å². The van der Waals surface area contributed by atoms with Gasteiger partial charge in [0, 0.05) is 4.47 Å². The molecule has 1 atom stereocenters. The highest BCUT2D eigenvalue weighted by molar-refractivity contribution is 9.10. The molecule has 1 aromatic carbocycles. The first kappa shape index (κ1) is 19.5. The first-order valence-electron chi connectivity index (χ1n) is 7.61. The lowest BCUT2D eigenvalue weighted by Gasteiger charge is -2.20. The van der Waals surface area contributed by atoms with Crippen LogP contribution in [0.2, 0.25) is 0 Å². The molecule has 1 aromatic rings. The second-order valence-corrected chi connectivity index (χ2v) is 5.94. The molecule has 0 aliphatic carbocycles. The molecule has 23 heavy (non-hydrogen) atoms. The molecule has 6 heteroatoms. The molecule has 128 valence electrons. The summed E-state index contributed by atoms with van der Waals surface area (Å²) in [6, 6.07) is 5.62. The van der Waals surface area contributed by atoms with Gasteiger partial charge in [-0.2, -0.15) is 0 Å². The van der Waals surface area contributed by atoms with Crippen LogP contribution in [0.1, 0.15) is 38.7 Å². The van der Waals surface area contributed by atoms with Crippen LogP contribution < -0.4 is 4.74 Å². The van der Waals surface area contributed by atoms with E-state index in [-0.39, 0.29) is 19.1 Å². The van der Waals surface area contributed by atoms with E-state index < -0.39 is 17.9 Å². The van der Waals surface area contributed by atoms with Crippen LogP contribution in [0.5, 0.6) is 5.75 Å². The maximum Gasteiger partial charge on any atom is 0.320 e. The monoisotopic (exact) mass is 386 g/mol. The Bertz CT molecular complexity index is 526. The lowest BCUT2D eigenvalue weighted by molar-refractivity contribution is -0.162. The average Bonchev–Trinajstić information content (AvgIpc) is 2.53. The van der Waals surface area contributed by atoms with Crippen LogP contribution in [0.4, 0.5) is 0 Å². The van der Waals surface area contributed by atoms with Gasteiger partial charge >= 0.3 is 11.9 Å². The summed E-state index contributed by atoms with van der Waals surface area (Å²) >= 11 is 3.50. The van der Waals surface area contributed by atoms with Crippen molar-refractivity contribution in [2.24, 2.45) is 5.92 Å².